The largest absolute Gasteiger partial charge is 0.277 e. The molecule has 0 atom stereocenters. The van der Waals surface area contributed by atoms with Crippen LogP contribution in [0.2, 0.25) is 0 Å². The Bertz CT molecular complexity index is 80.2. The molecule has 0 aliphatic heterocycles. The zero-order valence-electron chi connectivity index (χ0n) is 3.25. The molecule has 0 spiro atoms. The van der Waals surface area contributed by atoms with E-state index >= 15 is 0 Å². The first-order valence-corrected chi connectivity index (χ1v) is 1.36. The summed E-state index contributed by atoms with van der Waals surface area (Å²) in [6.07, 6.45) is 0.169. The number of nitro groups is 1. The van der Waals surface area contributed by atoms with Crippen molar-refractivity contribution in [3.8, 4) is 0 Å². The Hall–Kier alpha value is -1.33. The maximum atomic E-state index is 9.23. The Kier molecular flexibility index (Phi) is 2.34. The molecule has 0 unspecified atom stereocenters. The Morgan fingerprint density at radius 2 is 2.29 bits per heavy atom. The highest BCUT2D eigenvalue weighted by Crippen LogP contribution is 1.43. The first-order valence-electron chi connectivity index (χ1n) is 1.36. The molecular weight excluding hydrogens is 102 g/mol. The summed E-state index contributed by atoms with van der Waals surface area (Å²) in [5.41, 5.74) is 3.02. The normalized spacial score (nSPS) is 6.86. The molecule has 7 heavy (non-hydrogen) atoms. The Morgan fingerprint density at radius 3 is 2.43 bits per heavy atom. The second-order valence-corrected chi connectivity index (χ2v) is 0.631. The Labute approximate surface area is 38.6 Å². The van der Waals surface area contributed by atoms with Crippen LogP contribution in [-0.2, 0) is 4.79 Å². The standard InChI is InChI=1S/CH3N3O3/c5-1-2-3-4(6)7/h1,3H,(H,2,5). The first kappa shape index (κ1) is 5.67. The number of hydrogen-bond donors (Lipinski definition) is 2. The topological polar surface area (TPSA) is 84.3 Å². The lowest BCUT2D eigenvalue weighted by molar-refractivity contribution is -0.552. The predicted octanol–water partition coefficient (Wildman–Crippen LogP) is -1.57. The van der Waals surface area contributed by atoms with Crippen LogP contribution in [0.4, 0.5) is 0 Å². The van der Waals surface area contributed by atoms with Crippen LogP contribution in [0.5, 0.6) is 0 Å². The number of amides is 1. The molecule has 0 aliphatic carbocycles. The molecule has 0 aromatic heterocycles. The summed E-state index contributed by atoms with van der Waals surface area (Å²) in [7, 11) is 0. The average molecular weight is 105 g/mol. The molecule has 6 heteroatoms. The second kappa shape index (κ2) is 2.88. The van der Waals surface area contributed by atoms with Gasteiger partial charge < -0.3 is 0 Å². The van der Waals surface area contributed by atoms with Crippen molar-refractivity contribution >= 4 is 6.41 Å². The van der Waals surface area contributed by atoms with E-state index in [0.717, 1.165) is 0 Å². The van der Waals surface area contributed by atoms with Gasteiger partial charge in [-0.3, -0.25) is 4.79 Å². The maximum Gasteiger partial charge on any atom is 0.229 e. The van der Waals surface area contributed by atoms with Crippen molar-refractivity contribution in [1.29, 1.82) is 0 Å². The van der Waals surface area contributed by atoms with Gasteiger partial charge in [0.2, 0.25) is 6.41 Å². The van der Waals surface area contributed by atoms with Gasteiger partial charge in [0.15, 0.2) is 5.03 Å². The summed E-state index contributed by atoms with van der Waals surface area (Å²) in [6.45, 7) is 0. The van der Waals surface area contributed by atoms with E-state index in [0.29, 0.717) is 0 Å². The molecule has 6 nitrogen and oxygen atoms in total. The zero-order valence-corrected chi connectivity index (χ0v) is 3.25. The fourth-order valence-corrected chi connectivity index (χ4v) is 0.0791. The summed E-state index contributed by atoms with van der Waals surface area (Å²) in [6, 6.07) is 0. The monoisotopic (exact) mass is 105 g/mol. The van der Waals surface area contributed by atoms with Crippen molar-refractivity contribution in [1.82, 2.24) is 11.0 Å². The molecule has 2 N–H and O–H groups in total. The summed E-state index contributed by atoms with van der Waals surface area (Å²) in [5.74, 6) is 0. The van der Waals surface area contributed by atoms with Gasteiger partial charge in [-0.1, -0.05) is 0 Å². The van der Waals surface area contributed by atoms with Gasteiger partial charge in [-0.15, -0.1) is 0 Å². The highest BCUT2D eigenvalue weighted by atomic mass is 16.7. The van der Waals surface area contributed by atoms with Crippen LogP contribution in [0.25, 0.3) is 0 Å². The minimum absolute atomic E-state index is 0.169. The van der Waals surface area contributed by atoms with Crippen molar-refractivity contribution in [2.24, 2.45) is 0 Å². The third kappa shape index (κ3) is 4.67. The van der Waals surface area contributed by atoms with Gasteiger partial charge in [0.1, 0.15) is 0 Å². The molecule has 0 aliphatic rings. The second-order valence-electron chi connectivity index (χ2n) is 0.631. The minimum Gasteiger partial charge on any atom is -0.277 e. The molecule has 0 aromatic carbocycles. The van der Waals surface area contributed by atoms with E-state index in [1.54, 1.807) is 5.43 Å². The van der Waals surface area contributed by atoms with E-state index < -0.39 is 5.03 Å². The SMILES string of the molecule is O=CNN[N+](=O)[O-]. The quantitative estimate of drug-likeness (QED) is 0.258. The molecule has 0 fully saturated rings. The lowest BCUT2D eigenvalue weighted by atomic mass is 11.4. The lowest BCUT2D eigenvalue weighted by Crippen LogP contribution is -2.35. The van der Waals surface area contributed by atoms with Gasteiger partial charge in [-0.05, 0) is 5.53 Å². The van der Waals surface area contributed by atoms with Crippen molar-refractivity contribution < 1.29 is 9.83 Å². The van der Waals surface area contributed by atoms with Crippen LogP contribution in [0.15, 0.2) is 0 Å². The third-order valence-corrected chi connectivity index (χ3v) is 0.215. The van der Waals surface area contributed by atoms with E-state index in [1.165, 1.54) is 5.53 Å². The van der Waals surface area contributed by atoms with Gasteiger partial charge in [0, 0.05) is 0 Å². The molecular formula is CH3N3O3. The Morgan fingerprint density at radius 1 is 1.71 bits per heavy atom. The van der Waals surface area contributed by atoms with Crippen LogP contribution < -0.4 is 11.0 Å². The van der Waals surface area contributed by atoms with E-state index in [2.05, 4.69) is 0 Å². The van der Waals surface area contributed by atoms with Gasteiger partial charge in [-0.2, -0.15) is 0 Å². The number of carbonyl (C=O) groups is 1. The first-order chi connectivity index (χ1) is 3.27. The lowest BCUT2D eigenvalue weighted by Gasteiger charge is -1.86. The number of nitrogens with zero attached hydrogens (tertiary/aromatic N) is 1. The molecule has 0 radical (unpaired) electrons. The van der Waals surface area contributed by atoms with Crippen LogP contribution in [0.1, 0.15) is 0 Å². The molecule has 0 rings (SSSR count). The van der Waals surface area contributed by atoms with Gasteiger partial charge in [-0.25, -0.2) is 15.5 Å². The number of hydrazine groups is 2. The van der Waals surface area contributed by atoms with Crippen molar-refractivity contribution in [2.75, 3.05) is 0 Å². The maximum absolute atomic E-state index is 9.23. The van der Waals surface area contributed by atoms with E-state index in [4.69, 9.17) is 0 Å². The highest BCUT2D eigenvalue weighted by molar-refractivity contribution is 5.44. The molecule has 1 amide bonds. The van der Waals surface area contributed by atoms with E-state index in [9.17, 15) is 14.9 Å². The summed E-state index contributed by atoms with van der Waals surface area (Å²) in [5, 5.41) is 8.35. The average Bonchev–Trinajstić information content (AvgIpc) is 1.61. The summed E-state index contributed by atoms with van der Waals surface area (Å²) in [4.78, 5) is 18.5. The van der Waals surface area contributed by atoms with Gasteiger partial charge >= 0.3 is 0 Å². The fourth-order valence-electron chi connectivity index (χ4n) is 0.0791. The highest BCUT2D eigenvalue weighted by Gasteiger charge is 1.82. The van der Waals surface area contributed by atoms with E-state index in [1.807, 2.05) is 0 Å². The van der Waals surface area contributed by atoms with Crippen molar-refractivity contribution in [2.45, 2.75) is 0 Å². The van der Waals surface area contributed by atoms with Crippen LogP contribution in [0, 0.1) is 10.1 Å². The van der Waals surface area contributed by atoms with Gasteiger partial charge in [0.05, 0.1) is 0 Å². The third-order valence-electron chi connectivity index (χ3n) is 0.215. The molecule has 40 valence electrons. The summed E-state index contributed by atoms with van der Waals surface area (Å²) < 4.78 is 0. The number of rotatable bonds is 3. The molecule has 0 saturated carbocycles. The smallest absolute Gasteiger partial charge is 0.229 e. The number of hydrogen-bond acceptors (Lipinski definition) is 3. The van der Waals surface area contributed by atoms with Crippen LogP contribution >= 0.6 is 0 Å². The van der Waals surface area contributed by atoms with Crippen molar-refractivity contribution in [3.63, 3.8) is 0 Å². The predicted molar refractivity (Wildman–Crippen MR) is 19.3 cm³/mol. The number of carbonyl (C=O) groups excluding carboxylic acids is 1. The Balaban J connectivity index is 2.97. The van der Waals surface area contributed by atoms with E-state index in [-0.39, 0.29) is 6.41 Å². The molecule has 0 aromatic rings. The van der Waals surface area contributed by atoms with Gasteiger partial charge in [0.25, 0.3) is 0 Å². The number of nitrogens with one attached hydrogen (secondary N) is 2. The zero-order chi connectivity index (χ0) is 5.70. The summed E-state index contributed by atoms with van der Waals surface area (Å²) >= 11 is 0. The fraction of sp³-hybridized carbons (Fsp3) is 0. The van der Waals surface area contributed by atoms with Crippen LogP contribution in [0.3, 0.4) is 0 Å². The minimum atomic E-state index is -0.881. The van der Waals surface area contributed by atoms with Crippen LogP contribution in [-0.4, -0.2) is 11.4 Å². The van der Waals surface area contributed by atoms with Crippen molar-refractivity contribution in [3.05, 3.63) is 10.1 Å². The molecule has 0 heterocycles. The molecule has 0 bridgehead atoms. The molecule has 0 saturated heterocycles.